The summed E-state index contributed by atoms with van der Waals surface area (Å²) in [6, 6.07) is 1.11. The van der Waals surface area contributed by atoms with Crippen LogP contribution in [0.15, 0.2) is 10.6 Å². The molecule has 0 saturated carbocycles. The average Bonchev–Trinajstić information content (AvgIpc) is 2.64. The number of aromatic carboxylic acids is 1. The Kier molecular flexibility index (Phi) is 3.88. The molecule has 1 amide bonds. The van der Waals surface area contributed by atoms with Crippen molar-refractivity contribution in [3.05, 3.63) is 17.5 Å². The molecular formula is C11H16N2O4. The van der Waals surface area contributed by atoms with Crippen molar-refractivity contribution >= 4 is 11.9 Å². The summed E-state index contributed by atoms with van der Waals surface area (Å²) in [5.74, 6) is -2.02. The highest BCUT2D eigenvalue weighted by molar-refractivity contribution is 5.95. The highest BCUT2D eigenvalue weighted by atomic mass is 16.5. The maximum Gasteiger partial charge on any atom is 0.374 e. The van der Waals surface area contributed by atoms with Crippen LogP contribution in [0.5, 0.6) is 0 Å². The third-order valence-electron chi connectivity index (χ3n) is 2.28. The van der Waals surface area contributed by atoms with Crippen molar-refractivity contribution in [3.8, 4) is 0 Å². The molecule has 0 aliphatic rings. The minimum absolute atomic E-state index is 0.0217. The van der Waals surface area contributed by atoms with Crippen LogP contribution < -0.4 is 5.32 Å². The zero-order valence-electron chi connectivity index (χ0n) is 10.1. The zero-order chi connectivity index (χ0) is 13.1. The molecule has 1 aromatic heterocycles. The minimum Gasteiger partial charge on any atom is -0.475 e. The van der Waals surface area contributed by atoms with Gasteiger partial charge in [0.2, 0.25) is 5.76 Å². The van der Waals surface area contributed by atoms with Crippen LogP contribution in [0.2, 0.25) is 0 Å². The lowest BCUT2D eigenvalue weighted by molar-refractivity contribution is 0.0650. The molecule has 0 aromatic carbocycles. The highest BCUT2D eigenvalue weighted by Crippen LogP contribution is 2.12. The maximum absolute atomic E-state index is 11.7. The van der Waals surface area contributed by atoms with Gasteiger partial charge in [0, 0.05) is 11.6 Å². The summed E-state index contributed by atoms with van der Waals surface area (Å²) >= 11 is 0. The van der Waals surface area contributed by atoms with Crippen LogP contribution in [-0.2, 0) is 0 Å². The third-order valence-corrected chi connectivity index (χ3v) is 2.28. The SMILES string of the molecule is CCCC(C)(C)NC(=O)c1cc(C(=O)O)on1. The highest BCUT2D eigenvalue weighted by Gasteiger charge is 2.23. The van der Waals surface area contributed by atoms with Gasteiger partial charge in [-0.25, -0.2) is 4.79 Å². The molecule has 6 heteroatoms. The maximum atomic E-state index is 11.7. The Balaban J connectivity index is 2.73. The van der Waals surface area contributed by atoms with Crippen LogP contribution in [0.1, 0.15) is 54.7 Å². The normalized spacial score (nSPS) is 11.2. The second-order valence-electron chi connectivity index (χ2n) is 4.47. The van der Waals surface area contributed by atoms with Crippen LogP contribution in [0.4, 0.5) is 0 Å². The molecule has 0 aliphatic carbocycles. The van der Waals surface area contributed by atoms with Gasteiger partial charge < -0.3 is 14.9 Å². The van der Waals surface area contributed by atoms with E-state index in [0.717, 1.165) is 18.9 Å². The molecule has 1 heterocycles. The van der Waals surface area contributed by atoms with E-state index < -0.39 is 11.9 Å². The summed E-state index contributed by atoms with van der Waals surface area (Å²) in [5, 5.41) is 14.8. The van der Waals surface area contributed by atoms with E-state index in [1.165, 1.54) is 0 Å². The van der Waals surface area contributed by atoms with Gasteiger partial charge in [-0.15, -0.1) is 0 Å². The molecule has 2 N–H and O–H groups in total. The minimum atomic E-state index is -1.25. The smallest absolute Gasteiger partial charge is 0.374 e. The lowest BCUT2D eigenvalue weighted by atomic mass is 9.99. The van der Waals surface area contributed by atoms with E-state index in [9.17, 15) is 9.59 Å². The van der Waals surface area contributed by atoms with Crippen LogP contribution in [0.3, 0.4) is 0 Å². The van der Waals surface area contributed by atoms with Gasteiger partial charge in [0.25, 0.3) is 5.91 Å². The van der Waals surface area contributed by atoms with E-state index in [1.54, 1.807) is 0 Å². The van der Waals surface area contributed by atoms with Gasteiger partial charge in [0.05, 0.1) is 0 Å². The Hall–Kier alpha value is -1.85. The largest absolute Gasteiger partial charge is 0.475 e. The number of aromatic nitrogens is 1. The summed E-state index contributed by atoms with van der Waals surface area (Å²) in [6.07, 6.45) is 1.76. The Morgan fingerprint density at radius 1 is 1.53 bits per heavy atom. The number of hydrogen-bond acceptors (Lipinski definition) is 4. The average molecular weight is 240 g/mol. The Bertz CT molecular complexity index is 423. The van der Waals surface area contributed by atoms with Crippen LogP contribution in [0, 0.1) is 0 Å². The van der Waals surface area contributed by atoms with Crippen molar-refractivity contribution in [1.29, 1.82) is 0 Å². The molecule has 94 valence electrons. The summed E-state index contributed by atoms with van der Waals surface area (Å²) < 4.78 is 4.51. The van der Waals surface area contributed by atoms with E-state index in [1.807, 2.05) is 20.8 Å². The number of nitrogens with one attached hydrogen (secondary N) is 1. The third kappa shape index (κ3) is 3.58. The van der Waals surface area contributed by atoms with Crippen LogP contribution in [0.25, 0.3) is 0 Å². The fourth-order valence-corrected chi connectivity index (χ4v) is 1.54. The zero-order valence-corrected chi connectivity index (χ0v) is 10.1. The van der Waals surface area contributed by atoms with Crippen molar-refractivity contribution in [2.45, 2.75) is 39.2 Å². The number of hydrogen-bond donors (Lipinski definition) is 2. The molecule has 6 nitrogen and oxygen atoms in total. The quantitative estimate of drug-likeness (QED) is 0.816. The molecule has 0 radical (unpaired) electrons. The van der Waals surface area contributed by atoms with Crippen molar-refractivity contribution in [2.75, 3.05) is 0 Å². The molecule has 0 unspecified atom stereocenters. The summed E-state index contributed by atoms with van der Waals surface area (Å²) in [6.45, 7) is 5.81. The van der Waals surface area contributed by atoms with Gasteiger partial charge >= 0.3 is 5.97 Å². The van der Waals surface area contributed by atoms with Gasteiger partial charge in [-0.2, -0.15) is 0 Å². The number of carbonyl (C=O) groups is 2. The first-order chi connectivity index (χ1) is 7.85. The van der Waals surface area contributed by atoms with Crippen LogP contribution in [-0.4, -0.2) is 27.7 Å². The molecule has 0 aliphatic heterocycles. The van der Waals surface area contributed by atoms with Gasteiger partial charge in [0.15, 0.2) is 5.69 Å². The fourth-order valence-electron chi connectivity index (χ4n) is 1.54. The predicted octanol–water partition coefficient (Wildman–Crippen LogP) is 1.68. The second kappa shape index (κ2) is 4.99. The fraction of sp³-hybridized carbons (Fsp3) is 0.545. The number of carboxylic acid groups (broad SMARTS) is 1. The lowest BCUT2D eigenvalue weighted by Crippen LogP contribution is -2.43. The van der Waals surface area contributed by atoms with Gasteiger partial charge in [0.1, 0.15) is 0 Å². The lowest BCUT2D eigenvalue weighted by Gasteiger charge is -2.24. The Morgan fingerprint density at radius 3 is 2.65 bits per heavy atom. The van der Waals surface area contributed by atoms with Gasteiger partial charge in [-0.3, -0.25) is 4.79 Å². The summed E-state index contributed by atoms with van der Waals surface area (Å²) in [7, 11) is 0. The van der Waals surface area contributed by atoms with E-state index in [0.29, 0.717) is 0 Å². The molecule has 17 heavy (non-hydrogen) atoms. The molecule has 0 bridgehead atoms. The molecule has 0 atom stereocenters. The summed E-state index contributed by atoms with van der Waals surface area (Å²) in [5.41, 5.74) is -0.375. The molecule has 0 saturated heterocycles. The molecule has 1 rings (SSSR count). The van der Waals surface area contributed by atoms with Gasteiger partial charge in [-0.1, -0.05) is 18.5 Å². The van der Waals surface area contributed by atoms with E-state index >= 15 is 0 Å². The molecule has 1 aromatic rings. The van der Waals surface area contributed by atoms with Crippen molar-refractivity contribution in [2.24, 2.45) is 0 Å². The van der Waals surface area contributed by atoms with Crippen molar-refractivity contribution in [3.63, 3.8) is 0 Å². The number of carboxylic acids is 1. The monoisotopic (exact) mass is 240 g/mol. The topological polar surface area (TPSA) is 92.4 Å². The second-order valence-corrected chi connectivity index (χ2v) is 4.47. The summed E-state index contributed by atoms with van der Waals surface area (Å²) in [4.78, 5) is 22.3. The number of amides is 1. The van der Waals surface area contributed by atoms with Crippen LogP contribution >= 0.6 is 0 Å². The molecule has 0 fully saturated rings. The Morgan fingerprint density at radius 2 is 2.18 bits per heavy atom. The van der Waals surface area contributed by atoms with Crippen molar-refractivity contribution < 1.29 is 19.2 Å². The number of rotatable bonds is 5. The number of carbonyl (C=O) groups excluding carboxylic acids is 1. The van der Waals surface area contributed by atoms with Gasteiger partial charge in [-0.05, 0) is 20.3 Å². The Labute approximate surface area is 99.0 Å². The first-order valence-electron chi connectivity index (χ1n) is 5.38. The molecule has 0 spiro atoms. The molecular weight excluding hydrogens is 224 g/mol. The standard InChI is InChI=1S/C11H16N2O4/c1-4-5-11(2,3)12-9(14)7-6-8(10(15)16)17-13-7/h6H,4-5H2,1-3H3,(H,12,14)(H,15,16). The van der Waals surface area contributed by atoms with E-state index in [2.05, 4.69) is 15.0 Å². The van der Waals surface area contributed by atoms with E-state index in [-0.39, 0.29) is 17.0 Å². The number of nitrogens with zero attached hydrogens (tertiary/aromatic N) is 1. The van der Waals surface area contributed by atoms with Crippen molar-refractivity contribution in [1.82, 2.24) is 10.5 Å². The first kappa shape index (κ1) is 13.2. The van der Waals surface area contributed by atoms with E-state index in [4.69, 9.17) is 5.11 Å². The first-order valence-corrected chi connectivity index (χ1v) is 5.38. The predicted molar refractivity (Wildman–Crippen MR) is 59.9 cm³/mol.